The number of carbonyl (C=O) groups is 1. The Balaban J connectivity index is 0.000000199. The molecule has 0 unspecified atom stereocenters. The lowest BCUT2D eigenvalue weighted by atomic mass is 10.2. The zero-order valence-electron chi connectivity index (χ0n) is 9.99. The molecule has 3 N–H and O–H groups in total. The topological polar surface area (TPSA) is 55.1 Å². The van der Waals surface area contributed by atoms with Crippen LogP contribution in [0, 0.1) is 0 Å². The fraction of sp³-hybridized carbons (Fsp3) is 0. The largest absolute Gasteiger partial charge is 0.368 e. The van der Waals surface area contributed by atoms with E-state index in [2.05, 4.69) is 5.32 Å². The molecule has 1 amide bonds. The number of nitrogens with two attached hydrogens (primary N) is 1. The summed E-state index contributed by atoms with van der Waals surface area (Å²) in [5.41, 5.74) is 5.59. The second-order valence-corrected chi connectivity index (χ2v) is 3.38. The van der Waals surface area contributed by atoms with Crippen molar-refractivity contribution >= 4 is 5.91 Å². The summed E-state index contributed by atoms with van der Waals surface area (Å²) in [5.74, 6) is -0.402. The van der Waals surface area contributed by atoms with Crippen molar-refractivity contribution in [1.29, 1.82) is 0 Å². The molecule has 0 aromatic heterocycles. The minimum absolute atomic E-state index is 0.402. The fourth-order valence-electron chi connectivity index (χ4n) is 1.14. The van der Waals surface area contributed by atoms with Crippen molar-refractivity contribution < 1.29 is 4.79 Å². The molecule has 18 heavy (non-hydrogen) atoms. The Morgan fingerprint density at radius 3 is 2.06 bits per heavy atom. The van der Waals surface area contributed by atoms with Crippen molar-refractivity contribution in [2.75, 3.05) is 0 Å². The van der Waals surface area contributed by atoms with Crippen LogP contribution in [0.3, 0.4) is 0 Å². The highest BCUT2D eigenvalue weighted by Crippen LogP contribution is 1.99. The predicted octanol–water partition coefficient (Wildman–Crippen LogP) is 2.25. The van der Waals surface area contributed by atoms with Gasteiger partial charge >= 0.3 is 0 Å². The SMILES string of the molecule is C1=CC=CNC=C1.NC(=O)C1=CC=CC=CC=C1. The Kier molecular flexibility index (Phi) is 6.45. The van der Waals surface area contributed by atoms with Gasteiger partial charge in [-0.25, -0.2) is 0 Å². The van der Waals surface area contributed by atoms with Crippen molar-refractivity contribution in [3.8, 4) is 0 Å². The summed E-state index contributed by atoms with van der Waals surface area (Å²) in [7, 11) is 0. The maximum absolute atomic E-state index is 10.7. The second-order valence-electron chi connectivity index (χ2n) is 3.38. The number of hydrogen-bond donors (Lipinski definition) is 2. The molecule has 2 rings (SSSR count). The van der Waals surface area contributed by atoms with E-state index < -0.39 is 5.91 Å². The van der Waals surface area contributed by atoms with Gasteiger partial charge in [0.1, 0.15) is 0 Å². The van der Waals surface area contributed by atoms with E-state index in [1.165, 1.54) is 0 Å². The van der Waals surface area contributed by atoms with E-state index in [1.807, 2.05) is 54.9 Å². The van der Waals surface area contributed by atoms with Crippen LogP contribution in [0.5, 0.6) is 0 Å². The Morgan fingerprint density at radius 2 is 1.39 bits per heavy atom. The number of hydrogen-bond acceptors (Lipinski definition) is 2. The van der Waals surface area contributed by atoms with Crippen LogP contribution in [0.1, 0.15) is 0 Å². The molecule has 1 aliphatic heterocycles. The first-order chi connectivity index (χ1) is 8.80. The summed E-state index contributed by atoms with van der Waals surface area (Å²) in [6, 6.07) is 0. The van der Waals surface area contributed by atoms with E-state index in [4.69, 9.17) is 5.73 Å². The van der Waals surface area contributed by atoms with E-state index in [-0.39, 0.29) is 0 Å². The number of nitrogens with one attached hydrogen (secondary N) is 1. The molecule has 0 bridgehead atoms. The van der Waals surface area contributed by atoms with Crippen LogP contribution in [0.4, 0.5) is 0 Å². The first-order valence-corrected chi connectivity index (χ1v) is 5.56. The van der Waals surface area contributed by atoms with Crippen LogP contribution in [-0.4, -0.2) is 5.91 Å². The van der Waals surface area contributed by atoms with E-state index in [1.54, 1.807) is 24.3 Å². The van der Waals surface area contributed by atoms with Crippen LogP contribution in [0.15, 0.2) is 84.8 Å². The van der Waals surface area contributed by atoms with Crippen molar-refractivity contribution in [1.82, 2.24) is 5.32 Å². The number of allylic oxidation sites excluding steroid dienone is 10. The Bertz CT molecular complexity index is 461. The molecular formula is C15H16N2O. The maximum Gasteiger partial charge on any atom is 0.248 e. The summed E-state index contributed by atoms with van der Waals surface area (Å²) < 4.78 is 0. The molecule has 92 valence electrons. The highest BCUT2D eigenvalue weighted by molar-refractivity contribution is 5.95. The van der Waals surface area contributed by atoms with Gasteiger partial charge in [-0.15, -0.1) is 0 Å². The highest BCUT2D eigenvalue weighted by atomic mass is 16.1. The van der Waals surface area contributed by atoms with Gasteiger partial charge in [0.2, 0.25) is 5.91 Å². The van der Waals surface area contributed by atoms with E-state index in [0.717, 1.165) is 0 Å². The highest BCUT2D eigenvalue weighted by Gasteiger charge is 1.96. The van der Waals surface area contributed by atoms with Gasteiger partial charge in [0.05, 0.1) is 0 Å². The Morgan fingerprint density at radius 1 is 0.833 bits per heavy atom. The smallest absolute Gasteiger partial charge is 0.248 e. The lowest BCUT2D eigenvalue weighted by Gasteiger charge is -1.93. The second kappa shape index (κ2) is 8.58. The lowest BCUT2D eigenvalue weighted by molar-refractivity contribution is -0.114. The molecule has 0 aromatic carbocycles. The number of amides is 1. The minimum atomic E-state index is -0.402. The van der Waals surface area contributed by atoms with Crippen molar-refractivity contribution in [3.63, 3.8) is 0 Å². The van der Waals surface area contributed by atoms with E-state index in [0.29, 0.717) is 5.57 Å². The average Bonchev–Trinajstić information content (AvgIpc) is 2.60. The average molecular weight is 240 g/mol. The van der Waals surface area contributed by atoms with E-state index in [9.17, 15) is 4.79 Å². The summed E-state index contributed by atoms with van der Waals surface area (Å²) in [6.45, 7) is 0. The standard InChI is InChI=1S/C9H9NO.C6H7N/c10-9(11)8-6-4-2-1-3-5-7-8;1-2-4-6-7-5-3-1/h1-7H,(H2,10,11);1-7H. The van der Waals surface area contributed by atoms with Crippen LogP contribution in [0.2, 0.25) is 0 Å². The maximum atomic E-state index is 10.7. The third kappa shape index (κ3) is 6.12. The quantitative estimate of drug-likeness (QED) is 0.738. The van der Waals surface area contributed by atoms with Gasteiger partial charge in [0.15, 0.2) is 0 Å². The third-order valence-corrected chi connectivity index (χ3v) is 2.00. The molecular weight excluding hydrogens is 224 g/mol. The Labute approximate surface area is 107 Å². The van der Waals surface area contributed by atoms with Crippen LogP contribution >= 0.6 is 0 Å². The van der Waals surface area contributed by atoms with Gasteiger partial charge in [-0.3, -0.25) is 4.79 Å². The van der Waals surface area contributed by atoms with Crippen LogP contribution in [-0.2, 0) is 4.79 Å². The van der Waals surface area contributed by atoms with E-state index >= 15 is 0 Å². The fourth-order valence-corrected chi connectivity index (χ4v) is 1.14. The molecule has 1 aliphatic carbocycles. The summed E-state index contributed by atoms with van der Waals surface area (Å²) in [6.07, 6.45) is 24.1. The summed E-state index contributed by atoms with van der Waals surface area (Å²) in [5, 5.41) is 2.92. The van der Waals surface area contributed by atoms with Crippen molar-refractivity contribution in [2.24, 2.45) is 5.73 Å². The van der Waals surface area contributed by atoms with Gasteiger partial charge in [0, 0.05) is 18.0 Å². The van der Waals surface area contributed by atoms with Crippen LogP contribution in [0.25, 0.3) is 0 Å². The van der Waals surface area contributed by atoms with Gasteiger partial charge in [0.25, 0.3) is 0 Å². The first-order valence-electron chi connectivity index (χ1n) is 5.56. The van der Waals surface area contributed by atoms with Crippen molar-refractivity contribution in [3.05, 3.63) is 84.8 Å². The predicted molar refractivity (Wildman–Crippen MR) is 75.3 cm³/mol. The van der Waals surface area contributed by atoms with Gasteiger partial charge in [-0.1, -0.05) is 42.5 Å². The molecule has 0 spiro atoms. The molecule has 2 aliphatic rings. The molecule has 0 saturated carbocycles. The molecule has 0 radical (unpaired) electrons. The lowest BCUT2D eigenvalue weighted by Crippen LogP contribution is -2.12. The Hall–Kier alpha value is -2.55. The zero-order chi connectivity index (χ0) is 13.1. The molecule has 0 saturated heterocycles. The van der Waals surface area contributed by atoms with Gasteiger partial charge < -0.3 is 11.1 Å². The van der Waals surface area contributed by atoms with Crippen LogP contribution < -0.4 is 11.1 Å². The minimum Gasteiger partial charge on any atom is -0.368 e. The number of carbonyl (C=O) groups excluding carboxylic acids is 1. The van der Waals surface area contributed by atoms with Gasteiger partial charge in [-0.2, -0.15) is 0 Å². The molecule has 3 heteroatoms. The van der Waals surface area contributed by atoms with Crippen molar-refractivity contribution in [2.45, 2.75) is 0 Å². The number of rotatable bonds is 1. The monoisotopic (exact) mass is 240 g/mol. The molecule has 1 heterocycles. The summed E-state index contributed by atoms with van der Waals surface area (Å²) >= 11 is 0. The first kappa shape index (κ1) is 13.5. The molecule has 3 nitrogen and oxygen atoms in total. The number of primary amides is 1. The molecule has 0 atom stereocenters. The molecule has 0 aromatic rings. The molecule has 0 fully saturated rings. The third-order valence-electron chi connectivity index (χ3n) is 2.00. The normalized spacial score (nSPS) is 15.7. The summed E-state index contributed by atoms with van der Waals surface area (Å²) in [4.78, 5) is 10.7. The zero-order valence-corrected chi connectivity index (χ0v) is 9.99. The van der Waals surface area contributed by atoms with Gasteiger partial charge in [-0.05, 0) is 24.3 Å².